The van der Waals surface area contributed by atoms with Gasteiger partial charge in [-0.1, -0.05) is 36.4 Å². The first kappa shape index (κ1) is 16.0. The van der Waals surface area contributed by atoms with Crippen molar-refractivity contribution in [3.05, 3.63) is 70.8 Å². The summed E-state index contributed by atoms with van der Waals surface area (Å²) in [5.41, 5.74) is 3.55. The quantitative estimate of drug-likeness (QED) is 0.852. The Hall–Kier alpha value is -2.88. The molecule has 0 fully saturated rings. The van der Waals surface area contributed by atoms with E-state index in [1.165, 1.54) is 0 Å². The number of hydrogen-bond acceptors (Lipinski definition) is 3. The van der Waals surface area contributed by atoms with Crippen molar-refractivity contribution in [3.63, 3.8) is 0 Å². The third kappa shape index (κ3) is 3.71. The number of ketones is 1. The third-order valence-electron chi connectivity index (χ3n) is 4.00. The monoisotopic (exact) mass is 322 g/mol. The van der Waals surface area contributed by atoms with E-state index in [1.807, 2.05) is 48.5 Å². The highest BCUT2D eigenvalue weighted by Crippen LogP contribution is 2.27. The van der Waals surface area contributed by atoms with Crippen molar-refractivity contribution in [2.24, 2.45) is 0 Å². The number of carboxylic acids is 1. The summed E-state index contributed by atoms with van der Waals surface area (Å²) in [6.07, 6.45) is 3.44. The number of aliphatic carboxylic acids is 1. The average Bonchev–Trinajstić information content (AvgIpc) is 2.58. The highest BCUT2D eigenvalue weighted by atomic mass is 16.5. The van der Waals surface area contributed by atoms with Crippen LogP contribution in [-0.2, 0) is 11.2 Å². The Bertz CT molecular complexity index is 805. The first-order chi connectivity index (χ1) is 11.6. The van der Waals surface area contributed by atoms with Gasteiger partial charge in [0, 0.05) is 11.1 Å². The highest BCUT2D eigenvalue weighted by molar-refractivity contribution is 6.13. The largest absolute Gasteiger partial charge is 0.493 e. The highest BCUT2D eigenvalue weighted by Gasteiger charge is 2.21. The lowest BCUT2D eigenvalue weighted by Crippen LogP contribution is -2.13. The number of benzene rings is 2. The van der Waals surface area contributed by atoms with Crippen molar-refractivity contribution < 1.29 is 19.4 Å². The SMILES string of the molecule is O=C(O)CCOc1cccc(C=C2CCc3ccccc3C2=O)c1. The maximum absolute atomic E-state index is 12.6. The fourth-order valence-corrected chi connectivity index (χ4v) is 2.80. The minimum absolute atomic E-state index is 0.0411. The summed E-state index contributed by atoms with van der Waals surface area (Å²) in [5, 5.41) is 8.64. The van der Waals surface area contributed by atoms with Gasteiger partial charge in [-0.15, -0.1) is 0 Å². The van der Waals surface area contributed by atoms with Crippen molar-refractivity contribution >= 4 is 17.8 Å². The molecule has 2 aromatic rings. The molecule has 4 heteroatoms. The Morgan fingerprint density at radius 2 is 1.96 bits per heavy atom. The molecule has 0 saturated heterocycles. The van der Waals surface area contributed by atoms with Gasteiger partial charge in [0.15, 0.2) is 5.78 Å². The Morgan fingerprint density at radius 1 is 1.12 bits per heavy atom. The Balaban J connectivity index is 1.77. The molecule has 1 N–H and O–H groups in total. The van der Waals surface area contributed by atoms with E-state index in [-0.39, 0.29) is 18.8 Å². The molecule has 122 valence electrons. The van der Waals surface area contributed by atoms with Gasteiger partial charge in [-0.3, -0.25) is 9.59 Å². The van der Waals surface area contributed by atoms with Crippen LogP contribution in [0.1, 0.15) is 34.3 Å². The first-order valence-corrected chi connectivity index (χ1v) is 7.91. The average molecular weight is 322 g/mol. The minimum atomic E-state index is -0.889. The van der Waals surface area contributed by atoms with E-state index in [1.54, 1.807) is 6.07 Å². The third-order valence-corrected chi connectivity index (χ3v) is 4.00. The summed E-state index contributed by atoms with van der Waals surface area (Å²) in [6, 6.07) is 15.1. The smallest absolute Gasteiger partial charge is 0.306 e. The van der Waals surface area contributed by atoms with Gasteiger partial charge in [0.05, 0.1) is 13.0 Å². The fourth-order valence-electron chi connectivity index (χ4n) is 2.80. The Labute approximate surface area is 140 Å². The van der Waals surface area contributed by atoms with E-state index in [0.717, 1.165) is 35.1 Å². The van der Waals surface area contributed by atoms with Gasteiger partial charge in [0.25, 0.3) is 0 Å². The summed E-state index contributed by atoms with van der Waals surface area (Å²) in [6.45, 7) is 0.127. The summed E-state index contributed by atoms with van der Waals surface area (Å²) in [4.78, 5) is 23.1. The van der Waals surface area contributed by atoms with E-state index in [0.29, 0.717) is 5.75 Å². The van der Waals surface area contributed by atoms with E-state index in [4.69, 9.17) is 9.84 Å². The second-order valence-corrected chi connectivity index (χ2v) is 5.72. The predicted molar refractivity (Wildman–Crippen MR) is 91.3 cm³/mol. The summed E-state index contributed by atoms with van der Waals surface area (Å²) in [7, 11) is 0. The van der Waals surface area contributed by atoms with Crippen LogP contribution in [0, 0.1) is 0 Å². The first-order valence-electron chi connectivity index (χ1n) is 7.91. The molecule has 0 atom stereocenters. The summed E-state index contributed by atoms with van der Waals surface area (Å²) in [5.74, 6) is -0.206. The van der Waals surface area contributed by atoms with Gasteiger partial charge in [-0.05, 0) is 42.2 Å². The van der Waals surface area contributed by atoms with E-state index in [9.17, 15) is 9.59 Å². The molecule has 24 heavy (non-hydrogen) atoms. The van der Waals surface area contributed by atoms with Crippen LogP contribution in [0.3, 0.4) is 0 Å². The minimum Gasteiger partial charge on any atom is -0.493 e. The zero-order valence-corrected chi connectivity index (χ0v) is 13.2. The van der Waals surface area contributed by atoms with Crippen LogP contribution in [0.2, 0.25) is 0 Å². The standard InChI is InChI=1S/C20H18O4/c21-19(22)10-11-24-17-6-3-4-14(13-17)12-16-9-8-15-5-1-2-7-18(15)20(16)23/h1-7,12-13H,8-11H2,(H,21,22). The molecule has 0 aliphatic heterocycles. The maximum Gasteiger partial charge on any atom is 0.306 e. The van der Waals surface area contributed by atoms with Gasteiger partial charge in [-0.25, -0.2) is 0 Å². The van der Waals surface area contributed by atoms with Gasteiger partial charge in [-0.2, -0.15) is 0 Å². The van der Waals surface area contributed by atoms with Crippen molar-refractivity contribution in [1.82, 2.24) is 0 Å². The molecule has 3 rings (SSSR count). The predicted octanol–water partition coefficient (Wildman–Crippen LogP) is 3.75. The number of allylic oxidation sites excluding steroid dienone is 1. The molecule has 0 saturated carbocycles. The van der Waals surface area contributed by atoms with E-state index < -0.39 is 5.97 Å². The topological polar surface area (TPSA) is 63.6 Å². The molecule has 1 aliphatic rings. The molecule has 0 bridgehead atoms. The van der Waals surface area contributed by atoms with Crippen LogP contribution in [0.4, 0.5) is 0 Å². The number of aryl methyl sites for hydroxylation is 1. The molecule has 0 radical (unpaired) electrons. The molecule has 0 amide bonds. The van der Waals surface area contributed by atoms with Crippen LogP contribution in [0.5, 0.6) is 5.75 Å². The molecule has 0 heterocycles. The molecular weight excluding hydrogens is 304 g/mol. The lowest BCUT2D eigenvalue weighted by molar-refractivity contribution is -0.137. The van der Waals surface area contributed by atoms with Gasteiger partial charge >= 0.3 is 5.97 Å². The van der Waals surface area contributed by atoms with Gasteiger partial charge in [0.1, 0.15) is 5.75 Å². The van der Waals surface area contributed by atoms with E-state index >= 15 is 0 Å². The number of carbonyl (C=O) groups is 2. The number of carbonyl (C=O) groups excluding carboxylic acids is 1. The number of carboxylic acid groups (broad SMARTS) is 1. The van der Waals surface area contributed by atoms with Crippen LogP contribution >= 0.6 is 0 Å². The molecular formula is C20H18O4. The van der Waals surface area contributed by atoms with E-state index in [2.05, 4.69) is 0 Å². The van der Waals surface area contributed by atoms with Crippen molar-refractivity contribution in [2.75, 3.05) is 6.61 Å². The lowest BCUT2D eigenvalue weighted by Gasteiger charge is -2.17. The zero-order valence-electron chi connectivity index (χ0n) is 13.2. The van der Waals surface area contributed by atoms with Crippen LogP contribution in [-0.4, -0.2) is 23.5 Å². The van der Waals surface area contributed by atoms with Crippen molar-refractivity contribution in [2.45, 2.75) is 19.3 Å². The molecule has 0 spiro atoms. The maximum atomic E-state index is 12.6. The number of rotatable bonds is 5. The van der Waals surface area contributed by atoms with Crippen molar-refractivity contribution in [3.8, 4) is 5.75 Å². The second-order valence-electron chi connectivity index (χ2n) is 5.72. The molecule has 4 nitrogen and oxygen atoms in total. The Kier molecular flexibility index (Phi) is 4.75. The number of ether oxygens (including phenoxy) is 1. The molecule has 2 aromatic carbocycles. The number of hydrogen-bond donors (Lipinski definition) is 1. The second kappa shape index (κ2) is 7.13. The van der Waals surface area contributed by atoms with Crippen molar-refractivity contribution in [1.29, 1.82) is 0 Å². The van der Waals surface area contributed by atoms with Crippen LogP contribution in [0.15, 0.2) is 54.1 Å². The van der Waals surface area contributed by atoms with Gasteiger partial charge < -0.3 is 9.84 Å². The molecule has 0 unspecified atom stereocenters. The normalized spacial score (nSPS) is 15.2. The summed E-state index contributed by atoms with van der Waals surface area (Å²) >= 11 is 0. The van der Waals surface area contributed by atoms with Crippen LogP contribution < -0.4 is 4.74 Å². The van der Waals surface area contributed by atoms with Crippen LogP contribution in [0.25, 0.3) is 6.08 Å². The molecule has 0 aromatic heterocycles. The molecule has 1 aliphatic carbocycles. The number of Topliss-reactive ketones (excluding diaryl/α,β-unsaturated/α-hetero) is 1. The fraction of sp³-hybridized carbons (Fsp3) is 0.200. The lowest BCUT2D eigenvalue weighted by atomic mass is 9.86. The van der Waals surface area contributed by atoms with Gasteiger partial charge in [0.2, 0.25) is 0 Å². The summed E-state index contributed by atoms with van der Waals surface area (Å²) < 4.78 is 5.43. The Morgan fingerprint density at radius 3 is 2.79 bits per heavy atom. The zero-order chi connectivity index (χ0) is 16.9. The number of fused-ring (bicyclic) bond motifs is 1.